The highest BCUT2D eigenvalue weighted by Gasteiger charge is 2.48. The fourth-order valence-electron chi connectivity index (χ4n) is 3.98. The number of Topliss-reactive ketones (excluding diaryl/α,β-unsaturated/α-hetero) is 1. The molecule has 0 bridgehead atoms. The van der Waals surface area contributed by atoms with Gasteiger partial charge >= 0.3 is 5.91 Å². The summed E-state index contributed by atoms with van der Waals surface area (Å²) < 4.78 is 6.10. The molecular weight excluding hydrogens is 472 g/mol. The highest BCUT2D eigenvalue weighted by Crippen LogP contribution is 2.44. The number of aromatic nitrogens is 1. The summed E-state index contributed by atoms with van der Waals surface area (Å²) in [7, 11) is 1.58. The Bertz CT molecular complexity index is 1460. The molecule has 4 aromatic rings. The van der Waals surface area contributed by atoms with E-state index in [0.717, 1.165) is 10.3 Å². The average Bonchev–Trinajstić information content (AvgIpc) is 3.37. The first-order valence-corrected chi connectivity index (χ1v) is 11.6. The van der Waals surface area contributed by atoms with Gasteiger partial charge in [0, 0.05) is 10.6 Å². The number of methoxy groups -OCH3 is 1. The molecule has 1 amide bonds. The van der Waals surface area contributed by atoms with Gasteiger partial charge in [-0.05, 0) is 42.8 Å². The predicted molar refractivity (Wildman–Crippen MR) is 134 cm³/mol. The first-order valence-electron chi connectivity index (χ1n) is 10.5. The number of carbonyl (C=O) groups excluding carboxylic acids is 2. The van der Waals surface area contributed by atoms with Crippen molar-refractivity contribution in [1.82, 2.24) is 4.98 Å². The third kappa shape index (κ3) is 3.73. The van der Waals surface area contributed by atoms with Crippen LogP contribution in [0.1, 0.15) is 22.7 Å². The van der Waals surface area contributed by atoms with Crippen LogP contribution in [-0.2, 0) is 9.59 Å². The number of halogens is 1. The van der Waals surface area contributed by atoms with Crippen LogP contribution in [0, 0.1) is 6.92 Å². The highest BCUT2D eigenvalue weighted by molar-refractivity contribution is 7.22. The van der Waals surface area contributed by atoms with Crippen molar-refractivity contribution < 1.29 is 19.4 Å². The molecule has 0 unspecified atom stereocenters. The highest BCUT2D eigenvalue weighted by atomic mass is 35.5. The predicted octanol–water partition coefficient (Wildman–Crippen LogP) is 5.89. The van der Waals surface area contributed by atoms with Gasteiger partial charge in [-0.1, -0.05) is 64.9 Å². The van der Waals surface area contributed by atoms with Crippen molar-refractivity contribution in [2.24, 2.45) is 0 Å². The summed E-state index contributed by atoms with van der Waals surface area (Å²) in [4.78, 5) is 32.5. The number of fused-ring (bicyclic) bond motifs is 1. The van der Waals surface area contributed by atoms with Crippen LogP contribution in [0.15, 0.2) is 72.3 Å². The van der Waals surface area contributed by atoms with Crippen molar-refractivity contribution >= 4 is 55.7 Å². The van der Waals surface area contributed by atoms with E-state index in [1.807, 2.05) is 25.1 Å². The number of amides is 1. The maximum absolute atomic E-state index is 13.3. The Balaban J connectivity index is 1.71. The van der Waals surface area contributed by atoms with Crippen LogP contribution < -0.4 is 9.64 Å². The minimum absolute atomic E-state index is 0.00742. The van der Waals surface area contributed by atoms with Crippen molar-refractivity contribution in [3.8, 4) is 5.75 Å². The van der Waals surface area contributed by atoms with E-state index in [-0.39, 0.29) is 11.3 Å². The molecule has 1 aromatic heterocycles. The van der Waals surface area contributed by atoms with Gasteiger partial charge in [0.15, 0.2) is 5.13 Å². The Morgan fingerprint density at radius 1 is 1.06 bits per heavy atom. The summed E-state index contributed by atoms with van der Waals surface area (Å²) in [5, 5.41) is 12.1. The Morgan fingerprint density at radius 2 is 1.76 bits per heavy atom. The summed E-state index contributed by atoms with van der Waals surface area (Å²) in [5.41, 5.74) is 2.78. The molecule has 3 aromatic carbocycles. The number of thiazole rings is 1. The minimum atomic E-state index is -0.860. The number of aliphatic hydroxyl groups excluding tert-OH is 1. The Labute approximate surface area is 204 Å². The maximum Gasteiger partial charge on any atom is 0.301 e. The molecule has 1 N–H and O–H groups in total. The molecule has 1 aliphatic rings. The van der Waals surface area contributed by atoms with Gasteiger partial charge in [0.2, 0.25) is 0 Å². The number of benzene rings is 3. The molecular formula is C26H19ClN2O4S. The first-order chi connectivity index (χ1) is 16.4. The lowest BCUT2D eigenvalue weighted by atomic mass is 9.95. The van der Waals surface area contributed by atoms with E-state index >= 15 is 0 Å². The molecule has 1 atom stereocenters. The Kier molecular flexibility index (Phi) is 5.59. The van der Waals surface area contributed by atoms with Gasteiger partial charge in [0.1, 0.15) is 11.5 Å². The van der Waals surface area contributed by atoms with Crippen molar-refractivity contribution in [3.05, 3.63) is 94.0 Å². The van der Waals surface area contributed by atoms with Crippen LogP contribution in [-0.4, -0.2) is 28.9 Å². The maximum atomic E-state index is 13.3. The van der Waals surface area contributed by atoms with Gasteiger partial charge in [-0.15, -0.1) is 0 Å². The number of ether oxygens (including phenoxy) is 1. The Morgan fingerprint density at radius 3 is 2.44 bits per heavy atom. The van der Waals surface area contributed by atoms with Gasteiger partial charge in [-0.2, -0.15) is 0 Å². The number of aliphatic hydroxyl groups is 1. The number of anilines is 1. The second-order valence-electron chi connectivity index (χ2n) is 7.92. The second-order valence-corrected chi connectivity index (χ2v) is 9.36. The molecule has 0 aliphatic carbocycles. The zero-order chi connectivity index (χ0) is 24.0. The molecule has 6 nitrogen and oxygen atoms in total. The summed E-state index contributed by atoms with van der Waals surface area (Å²) >= 11 is 7.36. The van der Waals surface area contributed by atoms with Gasteiger partial charge < -0.3 is 9.84 Å². The van der Waals surface area contributed by atoms with E-state index in [1.54, 1.807) is 55.6 Å². The van der Waals surface area contributed by atoms with E-state index in [9.17, 15) is 14.7 Å². The minimum Gasteiger partial charge on any atom is -0.507 e. The smallest absolute Gasteiger partial charge is 0.301 e. The van der Waals surface area contributed by atoms with Crippen LogP contribution in [0.2, 0.25) is 5.02 Å². The van der Waals surface area contributed by atoms with Crippen molar-refractivity contribution in [2.45, 2.75) is 13.0 Å². The van der Waals surface area contributed by atoms with Gasteiger partial charge in [-0.25, -0.2) is 4.98 Å². The fraction of sp³-hybridized carbons (Fsp3) is 0.115. The molecule has 170 valence electrons. The zero-order valence-electron chi connectivity index (χ0n) is 18.3. The quantitative estimate of drug-likeness (QED) is 0.219. The number of carbonyl (C=O) groups is 2. The average molecular weight is 491 g/mol. The molecule has 0 spiro atoms. The molecule has 1 aliphatic heterocycles. The van der Waals surface area contributed by atoms with E-state index in [4.69, 9.17) is 16.3 Å². The van der Waals surface area contributed by atoms with Crippen LogP contribution in [0.4, 0.5) is 5.13 Å². The first kappa shape index (κ1) is 22.1. The number of hydrogen-bond donors (Lipinski definition) is 1. The third-order valence-corrected chi connectivity index (χ3v) is 7.02. The number of hydrogen-bond acceptors (Lipinski definition) is 6. The van der Waals surface area contributed by atoms with Gasteiger partial charge in [0.25, 0.3) is 5.78 Å². The van der Waals surface area contributed by atoms with E-state index < -0.39 is 17.7 Å². The largest absolute Gasteiger partial charge is 0.507 e. The summed E-state index contributed by atoms with van der Waals surface area (Å²) in [6.45, 7) is 1.93. The molecule has 1 fully saturated rings. The lowest BCUT2D eigenvalue weighted by Crippen LogP contribution is -2.29. The molecule has 34 heavy (non-hydrogen) atoms. The van der Waals surface area contributed by atoms with Gasteiger partial charge in [0.05, 0.1) is 28.9 Å². The lowest BCUT2D eigenvalue weighted by molar-refractivity contribution is -0.132. The topological polar surface area (TPSA) is 79.7 Å². The second kappa shape index (κ2) is 8.59. The van der Waals surface area contributed by atoms with Gasteiger partial charge in [-0.3, -0.25) is 14.5 Å². The Hall–Kier alpha value is -3.68. The zero-order valence-corrected chi connectivity index (χ0v) is 19.9. The molecule has 1 saturated heterocycles. The van der Waals surface area contributed by atoms with E-state index in [1.165, 1.54) is 16.2 Å². The van der Waals surface area contributed by atoms with E-state index in [0.29, 0.717) is 32.5 Å². The number of nitrogens with zero attached hydrogens (tertiary/aromatic N) is 2. The number of ketones is 1. The molecule has 2 heterocycles. The van der Waals surface area contributed by atoms with Crippen molar-refractivity contribution in [2.75, 3.05) is 12.0 Å². The molecule has 0 radical (unpaired) electrons. The third-order valence-electron chi connectivity index (χ3n) is 5.75. The fourth-order valence-corrected chi connectivity index (χ4v) is 5.13. The summed E-state index contributed by atoms with van der Waals surface area (Å²) in [5.74, 6) is -1.09. The number of rotatable bonds is 4. The normalized spacial score (nSPS) is 17.5. The SMILES string of the molecule is COc1ccc2nc(N3C(=O)C(=O)C(=C(O)c4ccc(C)cc4)[C@@H]3c3ccc(Cl)cc3)sc2c1. The molecule has 8 heteroatoms. The standard InChI is InChI=1S/C26H19ClN2O4S/c1-14-3-5-16(6-4-14)23(30)21-22(15-7-9-17(27)10-8-15)29(25(32)24(21)31)26-28-19-12-11-18(33-2)13-20(19)34-26/h3-13,22,30H,1-2H3/t22-/m0/s1. The van der Waals surface area contributed by atoms with Crippen LogP contribution >= 0.6 is 22.9 Å². The lowest BCUT2D eigenvalue weighted by Gasteiger charge is -2.23. The van der Waals surface area contributed by atoms with Crippen molar-refractivity contribution in [3.63, 3.8) is 0 Å². The van der Waals surface area contributed by atoms with Crippen LogP contribution in [0.25, 0.3) is 16.0 Å². The molecule has 5 rings (SSSR count). The van der Waals surface area contributed by atoms with Crippen LogP contribution in [0.5, 0.6) is 5.75 Å². The summed E-state index contributed by atoms with van der Waals surface area (Å²) in [6, 6.07) is 18.5. The van der Waals surface area contributed by atoms with E-state index in [2.05, 4.69) is 4.98 Å². The monoisotopic (exact) mass is 490 g/mol. The number of aryl methyl sites for hydroxylation is 1. The summed E-state index contributed by atoms with van der Waals surface area (Å²) in [6.07, 6.45) is 0. The van der Waals surface area contributed by atoms with Crippen molar-refractivity contribution in [1.29, 1.82) is 0 Å². The van der Waals surface area contributed by atoms with Crippen LogP contribution in [0.3, 0.4) is 0 Å². The molecule has 0 saturated carbocycles.